The van der Waals surface area contributed by atoms with E-state index < -0.39 is 30.1 Å². The van der Waals surface area contributed by atoms with Gasteiger partial charge in [-0.25, -0.2) is 4.68 Å². The van der Waals surface area contributed by atoms with E-state index >= 15 is 0 Å². The Bertz CT molecular complexity index is 783. The van der Waals surface area contributed by atoms with Crippen molar-refractivity contribution < 1.29 is 22.5 Å². The van der Waals surface area contributed by atoms with Crippen molar-refractivity contribution in [3.8, 4) is 5.69 Å². The Morgan fingerprint density at radius 1 is 1.08 bits per heavy atom. The van der Waals surface area contributed by atoms with E-state index in [1.54, 1.807) is 19.2 Å². The molecule has 0 spiro atoms. The molecule has 1 aromatic carbocycles. The third kappa shape index (κ3) is 3.20. The SMILES string of the molecule is Cc1cnn(-c2ccc(B3OC(C)(C)C(C)(C)O3)cc2C(F)(F)F)c1. The van der Waals surface area contributed by atoms with Gasteiger partial charge in [0.25, 0.3) is 0 Å². The summed E-state index contributed by atoms with van der Waals surface area (Å²) in [5.41, 5.74) is -0.924. The summed E-state index contributed by atoms with van der Waals surface area (Å²) in [6.45, 7) is 9.21. The van der Waals surface area contributed by atoms with Crippen LogP contribution in [-0.2, 0) is 15.5 Å². The number of rotatable bonds is 2. The highest BCUT2D eigenvalue weighted by Crippen LogP contribution is 2.38. The molecule has 0 saturated carbocycles. The number of hydrogen-bond acceptors (Lipinski definition) is 3. The Morgan fingerprint density at radius 2 is 1.68 bits per heavy atom. The molecule has 0 unspecified atom stereocenters. The van der Waals surface area contributed by atoms with Crippen molar-refractivity contribution in [3.05, 3.63) is 41.7 Å². The summed E-state index contributed by atoms with van der Waals surface area (Å²) >= 11 is 0. The van der Waals surface area contributed by atoms with Crippen molar-refractivity contribution in [2.24, 2.45) is 0 Å². The maximum atomic E-state index is 13.6. The Kier molecular flexibility index (Phi) is 4.04. The summed E-state index contributed by atoms with van der Waals surface area (Å²) in [7, 11) is -0.848. The van der Waals surface area contributed by atoms with Gasteiger partial charge in [-0.3, -0.25) is 0 Å². The van der Waals surface area contributed by atoms with Crippen LogP contribution in [-0.4, -0.2) is 28.1 Å². The van der Waals surface area contributed by atoms with Crippen molar-refractivity contribution in [2.75, 3.05) is 0 Å². The quantitative estimate of drug-likeness (QED) is 0.777. The van der Waals surface area contributed by atoms with Crippen LogP contribution >= 0.6 is 0 Å². The summed E-state index contributed by atoms with van der Waals surface area (Å²) in [6, 6.07) is 4.06. The number of alkyl halides is 3. The van der Waals surface area contributed by atoms with Gasteiger partial charge in [0.15, 0.2) is 0 Å². The summed E-state index contributed by atoms with van der Waals surface area (Å²) < 4.78 is 53.7. The average Bonchev–Trinajstić information content (AvgIpc) is 2.99. The molecule has 2 heterocycles. The van der Waals surface area contributed by atoms with Gasteiger partial charge in [0.2, 0.25) is 0 Å². The van der Waals surface area contributed by atoms with E-state index in [0.717, 1.165) is 11.6 Å². The summed E-state index contributed by atoms with van der Waals surface area (Å²) in [4.78, 5) is 0. The minimum atomic E-state index is -4.52. The molecule has 1 aromatic heterocycles. The van der Waals surface area contributed by atoms with Crippen LogP contribution in [0.4, 0.5) is 13.2 Å². The first kappa shape index (κ1) is 18.0. The predicted molar refractivity (Wildman–Crippen MR) is 89.0 cm³/mol. The van der Waals surface area contributed by atoms with Crippen LogP contribution in [0.1, 0.15) is 38.8 Å². The summed E-state index contributed by atoms with van der Waals surface area (Å²) in [5.74, 6) is 0. The molecule has 0 radical (unpaired) electrons. The second-order valence-corrected chi connectivity index (χ2v) is 7.32. The number of nitrogens with zero attached hydrogens (tertiary/aromatic N) is 2. The molecule has 2 aromatic rings. The molecule has 3 rings (SSSR count). The number of hydrogen-bond donors (Lipinski definition) is 0. The van der Waals surface area contributed by atoms with Gasteiger partial charge in [0.1, 0.15) is 0 Å². The normalized spacial score (nSPS) is 19.4. The van der Waals surface area contributed by atoms with Crippen molar-refractivity contribution in [3.63, 3.8) is 0 Å². The first-order chi connectivity index (χ1) is 11.4. The first-order valence-corrected chi connectivity index (χ1v) is 7.99. The van der Waals surface area contributed by atoms with E-state index in [2.05, 4.69) is 5.10 Å². The van der Waals surface area contributed by atoms with Crippen LogP contribution in [0.3, 0.4) is 0 Å². The lowest BCUT2D eigenvalue weighted by atomic mass is 9.78. The molecule has 0 aliphatic carbocycles. The standard InChI is InChI=1S/C17H20BF3N2O2/c1-11-9-22-23(10-11)14-7-6-12(8-13(14)17(19,20)21)18-24-15(2,3)16(4,5)25-18/h6-10H,1-5H3. The van der Waals surface area contributed by atoms with Crippen LogP contribution in [0.5, 0.6) is 0 Å². The monoisotopic (exact) mass is 352 g/mol. The molecule has 0 atom stereocenters. The Hall–Kier alpha value is -1.80. The fourth-order valence-corrected chi connectivity index (χ4v) is 2.65. The molecular formula is C17H20BF3N2O2. The Balaban J connectivity index is 2.04. The Morgan fingerprint density at radius 3 is 2.16 bits per heavy atom. The highest BCUT2D eigenvalue weighted by atomic mass is 19.4. The minimum absolute atomic E-state index is 0.0270. The van der Waals surface area contributed by atoms with Crippen molar-refractivity contribution in [2.45, 2.75) is 52.0 Å². The lowest BCUT2D eigenvalue weighted by molar-refractivity contribution is -0.137. The van der Waals surface area contributed by atoms with Crippen LogP contribution in [0, 0.1) is 6.92 Å². The van der Waals surface area contributed by atoms with E-state index in [9.17, 15) is 13.2 Å². The third-order valence-electron chi connectivity index (χ3n) is 4.81. The van der Waals surface area contributed by atoms with Crippen molar-refractivity contribution in [1.29, 1.82) is 0 Å². The molecule has 0 bridgehead atoms. The zero-order valence-corrected chi connectivity index (χ0v) is 14.8. The molecule has 8 heteroatoms. The molecule has 1 aliphatic heterocycles. The fraction of sp³-hybridized carbons (Fsp3) is 0.471. The lowest BCUT2D eigenvalue weighted by Crippen LogP contribution is -2.41. The lowest BCUT2D eigenvalue weighted by Gasteiger charge is -2.32. The minimum Gasteiger partial charge on any atom is -0.399 e. The maximum Gasteiger partial charge on any atom is 0.494 e. The molecule has 134 valence electrons. The van der Waals surface area contributed by atoms with Crippen molar-refractivity contribution >= 4 is 12.6 Å². The van der Waals surface area contributed by atoms with Gasteiger partial charge in [0, 0.05) is 6.20 Å². The van der Waals surface area contributed by atoms with Crippen molar-refractivity contribution in [1.82, 2.24) is 9.78 Å². The maximum absolute atomic E-state index is 13.6. The summed E-state index contributed by atoms with van der Waals surface area (Å²) in [5, 5.41) is 3.99. The third-order valence-corrected chi connectivity index (χ3v) is 4.81. The number of aromatic nitrogens is 2. The second-order valence-electron chi connectivity index (χ2n) is 7.32. The largest absolute Gasteiger partial charge is 0.494 e. The first-order valence-electron chi connectivity index (χ1n) is 7.99. The molecule has 0 N–H and O–H groups in total. The van der Waals surface area contributed by atoms with E-state index in [4.69, 9.17) is 9.31 Å². The zero-order valence-electron chi connectivity index (χ0n) is 14.8. The molecule has 4 nitrogen and oxygen atoms in total. The van der Waals surface area contributed by atoms with Gasteiger partial charge in [-0.2, -0.15) is 18.3 Å². The molecular weight excluding hydrogens is 332 g/mol. The summed E-state index contributed by atoms with van der Waals surface area (Å²) in [6.07, 6.45) is -1.45. The van der Waals surface area contributed by atoms with E-state index in [1.165, 1.54) is 16.9 Å². The van der Waals surface area contributed by atoms with Gasteiger partial charge < -0.3 is 9.31 Å². The van der Waals surface area contributed by atoms with E-state index in [-0.39, 0.29) is 5.69 Å². The van der Waals surface area contributed by atoms with Gasteiger partial charge in [-0.05, 0) is 57.8 Å². The number of halogens is 3. The van der Waals surface area contributed by atoms with Crippen LogP contribution < -0.4 is 5.46 Å². The van der Waals surface area contributed by atoms with Gasteiger partial charge >= 0.3 is 13.3 Å². The second kappa shape index (κ2) is 5.61. The zero-order chi connectivity index (χ0) is 18.6. The van der Waals surface area contributed by atoms with Crippen LogP contribution in [0.15, 0.2) is 30.6 Å². The van der Waals surface area contributed by atoms with E-state index in [0.29, 0.717) is 5.46 Å². The average molecular weight is 352 g/mol. The highest BCUT2D eigenvalue weighted by Gasteiger charge is 2.52. The Labute approximate surface area is 145 Å². The molecule has 0 amide bonds. The smallest absolute Gasteiger partial charge is 0.399 e. The molecule has 1 saturated heterocycles. The van der Waals surface area contributed by atoms with Crippen LogP contribution in [0.2, 0.25) is 0 Å². The van der Waals surface area contributed by atoms with E-state index in [1.807, 2.05) is 27.7 Å². The van der Waals surface area contributed by atoms with Gasteiger partial charge in [-0.1, -0.05) is 6.07 Å². The van der Waals surface area contributed by atoms with Gasteiger partial charge in [0.05, 0.1) is 28.6 Å². The highest BCUT2D eigenvalue weighted by molar-refractivity contribution is 6.62. The van der Waals surface area contributed by atoms with Gasteiger partial charge in [-0.15, -0.1) is 0 Å². The number of aryl methyl sites for hydroxylation is 1. The molecule has 25 heavy (non-hydrogen) atoms. The number of benzene rings is 1. The topological polar surface area (TPSA) is 36.3 Å². The molecule has 1 fully saturated rings. The predicted octanol–water partition coefficient (Wildman–Crippen LogP) is 3.50. The fourth-order valence-electron chi connectivity index (χ4n) is 2.65. The van der Waals surface area contributed by atoms with Crippen LogP contribution in [0.25, 0.3) is 5.69 Å². The molecule has 1 aliphatic rings.